The van der Waals surface area contributed by atoms with E-state index in [2.05, 4.69) is 188 Å². The van der Waals surface area contributed by atoms with E-state index in [1.807, 2.05) is 0 Å². The maximum atomic E-state index is 2.47. The third kappa shape index (κ3) is 5.71. The van der Waals surface area contributed by atoms with Gasteiger partial charge >= 0.3 is 0 Å². The van der Waals surface area contributed by atoms with Gasteiger partial charge in [-0.1, -0.05) is 195 Å². The molecule has 0 atom stereocenters. The molecule has 1 aliphatic carbocycles. The van der Waals surface area contributed by atoms with E-state index in [1.54, 1.807) is 0 Å². The van der Waals surface area contributed by atoms with Gasteiger partial charge in [-0.2, -0.15) is 0 Å². The minimum atomic E-state index is 0.634. The summed E-state index contributed by atoms with van der Waals surface area (Å²) in [6, 6.07) is 70.0. The van der Waals surface area contributed by atoms with Crippen LogP contribution in [-0.2, 0) is 0 Å². The highest BCUT2D eigenvalue weighted by molar-refractivity contribution is 6.23. The van der Waals surface area contributed by atoms with Crippen molar-refractivity contribution >= 4 is 32.3 Å². The van der Waals surface area contributed by atoms with Gasteiger partial charge in [0.05, 0.1) is 0 Å². The summed E-state index contributed by atoms with van der Waals surface area (Å²) < 4.78 is 0. The van der Waals surface area contributed by atoms with Gasteiger partial charge < -0.3 is 0 Å². The van der Waals surface area contributed by atoms with Gasteiger partial charge in [0.1, 0.15) is 0 Å². The molecule has 9 aromatic rings. The molecule has 0 saturated heterocycles. The Bertz CT molecular complexity index is 2730. The molecule has 9 aromatic carbocycles. The highest BCUT2D eigenvalue weighted by atomic mass is 14.3. The fourth-order valence-electron chi connectivity index (χ4n) is 9.34. The molecule has 0 heteroatoms. The average molecular weight is 691 g/mol. The van der Waals surface area contributed by atoms with Crippen molar-refractivity contribution in [2.45, 2.75) is 38.0 Å². The van der Waals surface area contributed by atoms with Crippen LogP contribution in [0, 0.1) is 0 Å². The maximum Gasteiger partial charge on any atom is -0.00199 e. The monoisotopic (exact) mass is 690 g/mol. The summed E-state index contributed by atoms with van der Waals surface area (Å²) in [5, 5.41) is 7.84. The summed E-state index contributed by atoms with van der Waals surface area (Å²) in [4.78, 5) is 0. The topological polar surface area (TPSA) is 0 Å². The van der Waals surface area contributed by atoms with E-state index in [1.165, 1.54) is 126 Å². The van der Waals surface area contributed by atoms with Crippen LogP contribution in [0.2, 0.25) is 0 Å². The summed E-state index contributed by atoms with van der Waals surface area (Å²) >= 11 is 0. The van der Waals surface area contributed by atoms with E-state index >= 15 is 0 Å². The van der Waals surface area contributed by atoms with Crippen molar-refractivity contribution in [3.8, 4) is 55.6 Å². The van der Waals surface area contributed by atoms with Crippen LogP contribution in [0.5, 0.6) is 0 Å². The second-order valence-corrected chi connectivity index (χ2v) is 15.0. The Morgan fingerprint density at radius 2 is 0.759 bits per heavy atom. The summed E-state index contributed by atoms with van der Waals surface area (Å²) in [5.74, 6) is 0.634. The first-order valence-corrected chi connectivity index (χ1v) is 19.6. The Balaban J connectivity index is 1.27. The fourth-order valence-corrected chi connectivity index (χ4v) is 9.34. The third-order valence-electron chi connectivity index (χ3n) is 11.9. The molecule has 0 radical (unpaired) electrons. The van der Waals surface area contributed by atoms with Gasteiger partial charge in [0.25, 0.3) is 0 Å². The van der Waals surface area contributed by atoms with Crippen LogP contribution in [0.3, 0.4) is 0 Å². The molecule has 0 aliphatic heterocycles. The van der Waals surface area contributed by atoms with Crippen molar-refractivity contribution < 1.29 is 0 Å². The lowest BCUT2D eigenvalue weighted by Gasteiger charge is -2.25. The van der Waals surface area contributed by atoms with E-state index in [4.69, 9.17) is 0 Å². The van der Waals surface area contributed by atoms with Crippen LogP contribution >= 0.6 is 0 Å². The molecule has 1 saturated carbocycles. The third-order valence-corrected chi connectivity index (χ3v) is 11.9. The number of hydrogen-bond donors (Lipinski definition) is 0. The van der Waals surface area contributed by atoms with Crippen LogP contribution in [0.15, 0.2) is 188 Å². The van der Waals surface area contributed by atoms with Crippen molar-refractivity contribution in [2.24, 2.45) is 0 Å². The molecule has 1 fully saturated rings. The summed E-state index contributed by atoms with van der Waals surface area (Å²) in [7, 11) is 0. The predicted molar refractivity (Wildman–Crippen MR) is 232 cm³/mol. The van der Waals surface area contributed by atoms with Crippen LogP contribution in [0.25, 0.3) is 88.0 Å². The van der Waals surface area contributed by atoms with Gasteiger partial charge in [-0.3, -0.25) is 0 Å². The van der Waals surface area contributed by atoms with Crippen LogP contribution < -0.4 is 0 Å². The first kappa shape index (κ1) is 32.4. The van der Waals surface area contributed by atoms with Gasteiger partial charge in [-0.05, 0) is 124 Å². The molecule has 258 valence electrons. The highest BCUT2D eigenvalue weighted by Gasteiger charge is 2.23. The Hall–Kier alpha value is -6.24. The van der Waals surface area contributed by atoms with Gasteiger partial charge in [-0.25, -0.2) is 0 Å². The van der Waals surface area contributed by atoms with Crippen LogP contribution in [0.1, 0.15) is 43.6 Å². The minimum absolute atomic E-state index is 0.634. The van der Waals surface area contributed by atoms with E-state index in [-0.39, 0.29) is 0 Å². The predicted octanol–water partition coefficient (Wildman–Crippen LogP) is 15.5. The fraction of sp³-hybridized carbons (Fsp3) is 0.111. The van der Waals surface area contributed by atoms with Crippen molar-refractivity contribution in [2.75, 3.05) is 0 Å². The van der Waals surface area contributed by atoms with Crippen molar-refractivity contribution in [3.63, 3.8) is 0 Å². The van der Waals surface area contributed by atoms with Gasteiger partial charge in [-0.15, -0.1) is 0 Å². The minimum Gasteiger partial charge on any atom is -0.0622 e. The quantitative estimate of drug-likeness (QED) is 0.152. The molecule has 0 amide bonds. The van der Waals surface area contributed by atoms with Crippen LogP contribution in [0.4, 0.5) is 0 Å². The second kappa shape index (κ2) is 14.0. The van der Waals surface area contributed by atoms with Gasteiger partial charge in [0, 0.05) is 0 Å². The molecular formula is C54H42. The lowest BCUT2D eigenvalue weighted by atomic mass is 9.79. The molecular weight excluding hydrogens is 649 g/mol. The zero-order valence-corrected chi connectivity index (χ0v) is 30.5. The first-order valence-electron chi connectivity index (χ1n) is 19.6. The first-order chi connectivity index (χ1) is 26.8. The zero-order chi connectivity index (χ0) is 35.8. The smallest absolute Gasteiger partial charge is 0.00199 e. The SMILES string of the molecule is c1ccc(-c2cccc(-c3ccc(-c4ccc(C5CCCCC5)c5ccccc45)c(-c4c5ccccc5c(-c5ccccc5)c5ccccc45)c3)c2)cc1. The Morgan fingerprint density at radius 3 is 1.41 bits per heavy atom. The molecule has 1 aliphatic rings. The van der Waals surface area contributed by atoms with Crippen molar-refractivity contribution in [1.82, 2.24) is 0 Å². The zero-order valence-electron chi connectivity index (χ0n) is 30.5. The maximum absolute atomic E-state index is 2.47. The van der Waals surface area contributed by atoms with Crippen molar-refractivity contribution in [3.05, 3.63) is 194 Å². The summed E-state index contributed by atoms with van der Waals surface area (Å²) in [6.07, 6.45) is 6.60. The van der Waals surface area contributed by atoms with Gasteiger partial charge in [0.2, 0.25) is 0 Å². The normalized spacial score (nSPS) is 13.5. The molecule has 0 unspecified atom stereocenters. The molecule has 0 bridgehead atoms. The number of rotatable bonds is 6. The van der Waals surface area contributed by atoms with Crippen LogP contribution in [-0.4, -0.2) is 0 Å². The Labute approximate surface area is 318 Å². The largest absolute Gasteiger partial charge is 0.0622 e. The lowest BCUT2D eigenvalue weighted by Crippen LogP contribution is -2.05. The lowest BCUT2D eigenvalue weighted by molar-refractivity contribution is 0.445. The van der Waals surface area contributed by atoms with E-state index in [0.717, 1.165) is 0 Å². The molecule has 0 N–H and O–H groups in total. The number of fused-ring (bicyclic) bond motifs is 3. The molecule has 0 nitrogen and oxygen atoms in total. The second-order valence-electron chi connectivity index (χ2n) is 15.0. The van der Waals surface area contributed by atoms with Crippen molar-refractivity contribution in [1.29, 1.82) is 0 Å². The van der Waals surface area contributed by atoms with Gasteiger partial charge in [0.15, 0.2) is 0 Å². The molecule has 10 rings (SSSR count). The molecule has 0 heterocycles. The average Bonchev–Trinajstić information content (AvgIpc) is 3.26. The van der Waals surface area contributed by atoms with E-state index in [0.29, 0.717) is 5.92 Å². The molecule has 0 aromatic heterocycles. The Morgan fingerprint density at radius 1 is 0.278 bits per heavy atom. The number of hydrogen-bond acceptors (Lipinski definition) is 0. The number of benzene rings is 9. The summed E-state index contributed by atoms with van der Waals surface area (Å²) in [6.45, 7) is 0. The molecule has 54 heavy (non-hydrogen) atoms. The standard InChI is InChI=1S/C54H42/c1-4-17-37(18-5-1)40-23-16-24-41(35-40)42-31-32-47(46-34-33-43(38-19-6-2-7-20-38)44-25-10-11-26-45(44)46)52(36-42)54-50-29-14-12-27-48(50)53(39-21-8-3-9-22-39)49-28-13-15-30-51(49)54/h1,3-5,8-18,21-36,38H,2,6-7,19-20H2. The Kier molecular flexibility index (Phi) is 8.38. The van der Waals surface area contributed by atoms with E-state index < -0.39 is 0 Å². The molecule has 0 spiro atoms. The van der Waals surface area contributed by atoms with E-state index in [9.17, 15) is 0 Å². The highest BCUT2D eigenvalue weighted by Crippen LogP contribution is 2.49. The summed E-state index contributed by atoms with van der Waals surface area (Å²) in [5.41, 5.74) is 14.1.